The molecule has 40 heavy (non-hydrogen) atoms. The molecule has 0 amide bonds. The van der Waals surface area contributed by atoms with Crippen LogP contribution in [-0.4, -0.2) is 26.8 Å². The SMILES string of the molecule is CCCCc1nc(OC)n(Cc2ccccc2)c(=O)c1Cc1ccc(-c2ccccc2-c2noc(=O)[nH]2)cc1.[H-].[K+]. The zero-order valence-corrected chi connectivity index (χ0v) is 26.1. The maximum absolute atomic E-state index is 13.8. The maximum Gasteiger partial charge on any atom is 1.00 e. The van der Waals surface area contributed by atoms with E-state index < -0.39 is 5.76 Å². The van der Waals surface area contributed by atoms with Gasteiger partial charge in [-0.15, -0.1) is 0 Å². The van der Waals surface area contributed by atoms with Gasteiger partial charge in [-0.2, -0.15) is 0 Å². The molecule has 0 bridgehead atoms. The summed E-state index contributed by atoms with van der Waals surface area (Å²) in [4.78, 5) is 32.7. The molecule has 2 heterocycles. The molecule has 0 unspecified atom stereocenters. The number of rotatable bonds is 10. The molecular weight excluding hydrogens is 531 g/mol. The van der Waals surface area contributed by atoms with Crippen molar-refractivity contribution in [2.75, 3.05) is 7.11 Å². The molecule has 200 valence electrons. The van der Waals surface area contributed by atoms with Gasteiger partial charge < -0.3 is 6.16 Å². The minimum atomic E-state index is -0.597. The van der Waals surface area contributed by atoms with Crippen molar-refractivity contribution in [2.24, 2.45) is 0 Å². The fourth-order valence-corrected chi connectivity index (χ4v) is 4.70. The fourth-order valence-electron chi connectivity index (χ4n) is 4.70. The second-order valence-electron chi connectivity index (χ2n) is 9.37. The Morgan fingerprint density at radius 1 is 0.925 bits per heavy atom. The van der Waals surface area contributed by atoms with Gasteiger partial charge in [0.2, 0.25) is 0 Å². The number of ether oxygens (including phenoxy) is 1. The van der Waals surface area contributed by atoms with E-state index in [9.17, 15) is 9.59 Å². The summed E-state index contributed by atoms with van der Waals surface area (Å²) in [6.07, 6.45) is 3.11. The first-order chi connectivity index (χ1) is 19.1. The molecule has 0 fully saturated rings. The predicted molar refractivity (Wildman–Crippen MR) is 151 cm³/mol. The predicted octanol–water partition coefficient (Wildman–Crippen LogP) is 2.36. The minimum Gasteiger partial charge on any atom is -1.00 e. The van der Waals surface area contributed by atoms with Crippen molar-refractivity contribution in [3.05, 3.63) is 122 Å². The summed E-state index contributed by atoms with van der Waals surface area (Å²) in [6, 6.07) is 25.9. The van der Waals surface area contributed by atoms with E-state index in [0.717, 1.165) is 46.4 Å². The van der Waals surface area contributed by atoms with Crippen LogP contribution in [0.25, 0.3) is 22.5 Å². The van der Waals surface area contributed by atoms with Gasteiger partial charge in [0.15, 0.2) is 5.82 Å². The average molecular weight is 563 g/mol. The third-order valence-corrected chi connectivity index (χ3v) is 6.71. The summed E-state index contributed by atoms with van der Waals surface area (Å²) < 4.78 is 11.9. The third-order valence-electron chi connectivity index (χ3n) is 6.71. The minimum absolute atomic E-state index is 0. The molecule has 0 radical (unpaired) electrons. The molecule has 0 aliphatic rings. The van der Waals surface area contributed by atoms with E-state index in [1.54, 1.807) is 11.7 Å². The second kappa shape index (κ2) is 14.0. The Hall–Kier alpha value is -3.08. The van der Waals surface area contributed by atoms with Gasteiger partial charge in [-0.3, -0.25) is 18.9 Å². The van der Waals surface area contributed by atoms with Crippen LogP contribution >= 0.6 is 0 Å². The number of methoxy groups -OCH3 is 1. The van der Waals surface area contributed by atoms with Gasteiger partial charge in [0, 0.05) is 17.5 Å². The molecule has 0 aliphatic carbocycles. The maximum atomic E-state index is 13.8. The Morgan fingerprint density at radius 2 is 1.62 bits per heavy atom. The summed E-state index contributed by atoms with van der Waals surface area (Å²) in [5.41, 5.74) is 6.03. The quantitative estimate of drug-likeness (QED) is 0.262. The summed E-state index contributed by atoms with van der Waals surface area (Å²) in [7, 11) is 1.55. The van der Waals surface area contributed by atoms with Crippen molar-refractivity contribution < 1.29 is 62.1 Å². The van der Waals surface area contributed by atoms with E-state index in [-0.39, 0.29) is 58.4 Å². The number of nitrogens with zero attached hydrogens (tertiary/aromatic N) is 3. The second-order valence-corrected chi connectivity index (χ2v) is 9.37. The van der Waals surface area contributed by atoms with Crippen molar-refractivity contribution in [3.63, 3.8) is 0 Å². The Balaban J connectivity index is 0.00000231. The zero-order valence-electron chi connectivity index (χ0n) is 24.0. The van der Waals surface area contributed by atoms with E-state index in [2.05, 4.69) is 17.1 Å². The third kappa shape index (κ3) is 6.79. The van der Waals surface area contributed by atoms with Crippen LogP contribution < -0.4 is 67.4 Å². The fraction of sp³-hybridized carbons (Fsp3) is 0.226. The summed E-state index contributed by atoms with van der Waals surface area (Å²) in [5, 5.41) is 3.84. The van der Waals surface area contributed by atoms with Crippen molar-refractivity contribution in [1.82, 2.24) is 19.7 Å². The van der Waals surface area contributed by atoms with Crippen LogP contribution in [0.3, 0.4) is 0 Å². The summed E-state index contributed by atoms with van der Waals surface area (Å²) >= 11 is 0. The van der Waals surface area contributed by atoms with Gasteiger partial charge in [0.1, 0.15) is 0 Å². The molecular formula is C31H31KN4O4. The van der Waals surface area contributed by atoms with Crippen LogP contribution in [0.2, 0.25) is 0 Å². The largest absolute Gasteiger partial charge is 1.00 e. The Kier molecular flexibility index (Phi) is 10.5. The molecule has 0 aliphatic heterocycles. The number of H-pyrrole nitrogens is 1. The van der Waals surface area contributed by atoms with Crippen molar-refractivity contribution in [2.45, 2.75) is 39.2 Å². The van der Waals surface area contributed by atoms with Gasteiger partial charge >= 0.3 is 57.1 Å². The van der Waals surface area contributed by atoms with Gasteiger partial charge in [0.25, 0.3) is 11.6 Å². The normalized spacial score (nSPS) is 10.8. The number of aromatic nitrogens is 4. The summed E-state index contributed by atoms with van der Waals surface area (Å²) in [5.74, 6) is -0.219. The van der Waals surface area contributed by atoms with Crippen LogP contribution in [0.1, 0.15) is 43.6 Å². The molecule has 5 rings (SSSR count). The van der Waals surface area contributed by atoms with Crippen molar-refractivity contribution in [3.8, 4) is 28.5 Å². The average Bonchev–Trinajstić information content (AvgIpc) is 3.41. The number of hydrogen-bond donors (Lipinski definition) is 1. The molecule has 9 heteroatoms. The Bertz CT molecular complexity index is 1680. The topological polar surface area (TPSA) is 103 Å². The monoisotopic (exact) mass is 562 g/mol. The molecule has 3 aromatic carbocycles. The number of hydrogen-bond acceptors (Lipinski definition) is 6. The first-order valence-corrected chi connectivity index (χ1v) is 13.0. The molecule has 0 spiro atoms. The van der Waals surface area contributed by atoms with Crippen LogP contribution in [0.4, 0.5) is 0 Å². The number of nitrogens with one attached hydrogen (secondary N) is 1. The van der Waals surface area contributed by atoms with Gasteiger partial charge in [0.05, 0.1) is 19.3 Å². The van der Waals surface area contributed by atoms with E-state index in [0.29, 0.717) is 36.8 Å². The molecule has 0 saturated carbocycles. The first-order valence-electron chi connectivity index (χ1n) is 13.0. The number of benzene rings is 3. The van der Waals surface area contributed by atoms with E-state index in [1.807, 2.05) is 78.9 Å². The van der Waals surface area contributed by atoms with E-state index >= 15 is 0 Å². The summed E-state index contributed by atoms with van der Waals surface area (Å²) in [6.45, 7) is 2.51. The van der Waals surface area contributed by atoms with Gasteiger partial charge in [-0.25, -0.2) is 9.78 Å². The first kappa shape index (κ1) is 29.9. The van der Waals surface area contributed by atoms with Crippen molar-refractivity contribution in [1.29, 1.82) is 0 Å². The molecule has 0 atom stereocenters. The number of unbranched alkanes of at least 4 members (excludes halogenated alkanes) is 1. The van der Waals surface area contributed by atoms with Crippen molar-refractivity contribution >= 4 is 0 Å². The molecule has 1 N–H and O–H groups in total. The molecule has 2 aromatic heterocycles. The van der Waals surface area contributed by atoms with Crippen LogP contribution in [-0.2, 0) is 19.4 Å². The van der Waals surface area contributed by atoms with Gasteiger partial charge in [-0.05, 0) is 35.1 Å². The number of aromatic amines is 1. The van der Waals surface area contributed by atoms with E-state index in [1.165, 1.54) is 0 Å². The molecule has 0 saturated heterocycles. The van der Waals surface area contributed by atoms with Gasteiger partial charge in [-0.1, -0.05) is 97.4 Å². The molecule has 5 aromatic rings. The van der Waals surface area contributed by atoms with Crippen LogP contribution in [0.5, 0.6) is 6.01 Å². The van der Waals surface area contributed by atoms with Crippen LogP contribution in [0.15, 0.2) is 93.0 Å². The van der Waals surface area contributed by atoms with Crippen LogP contribution in [0, 0.1) is 0 Å². The number of aryl methyl sites for hydroxylation is 1. The standard InChI is InChI=1S/C31H30N4O4.K.H/c1-3-4-14-27-26(29(36)35(30(32-27)38-2)20-22-10-6-5-7-11-22)19-21-15-17-23(18-16-21)24-12-8-9-13-25(24)28-33-31(37)39-34-28;;/h5-13,15-18H,3-4,14,19-20H2,1-2H3,(H,33,34,37);;/q;+1;-1. The Morgan fingerprint density at radius 3 is 2.27 bits per heavy atom. The smallest absolute Gasteiger partial charge is 1.00 e. The Labute approximate surface area is 276 Å². The van der Waals surface area contributed by atoms with E-state index in [4.69, 9.17) is 14.2 Å². The molecule has 8 nitrogen and oxygen atoms in total. The zero-order chi connectivity index (χ0) is 27.2.